The molecule has 110 valence electrons. The molecule has 0 bridgehead atoms. The predicted molar refractivity (Wildman–Crippen MR) is 83.4 cm³/mol. The molecule has 20 heavy (non-hydrogen) atoms. The van der Waals surface area contributed by atoms with Crippen molar-refractivity contribution < 1.29 is 13.2 Å². The van der Waals surface area contributed by atoms with E-state index >= 15 is 0 Å². The number of rotatable bonds is 4. The van der Waals surface area contributed by atoms with Crippen LogP contribution in [0.5, 0.6) is 0 Å². The van der Waals surface area contributed by atoms with Crippen LogP contribution in [0.15, 0.2) is 28.7 Å². The van der Waals surface area contributed by atoms with Crippen molar-refractivity contribution in [3.05, 3.63) is 34.3 Å². The van der Waals surface area contributed by atoms with E-state index in [-0.39, 0.29) is 17.0 Å². The van der Waals surface area contributed by atoms with E-state index in [0.29, 0.717) is 19.3 Å². The van der Waals surface area contributed by atoms with Gasteiger partial charge in [0.15, 0.2) is 0 Å². The molecule has 2 atom stereocenters. The molecule has 0 amide bonds. The van der Waals surface area contributed by atoms with Crippen LogP contribution in [0, 0.1) is 5.92 Å². The molecule has 0 saturated heterocycles. The normalized spacial score (nSPS) is 23.5. The molecule has 2 rings (SSSR count). The second kappa shape index (κ2) is 6.39. The van der Waals surface area contributed by atoms with Crippen LogP contribution in [-0.4, -0.2) is 25.7 Å². The molecular formula is C15H19BrO3S. The summed E-state index contributed by atoms with van der Waals surface area (Å²) in [4.78, 5) is 12.4. The first kappa shape index (κ1) is 15.7. The maximum absolute atomic E-state index is 12.4. The fraction of sp³-hybridized carbons (Fsp3) is 0.533. The number of benzene rings is 1. The van der Waals surface area contributed by atoms with Crippen molar-refractivity contribution in [3.63, 3.8) is 0 Å². The Balaban J connectivity index is 2.04. The molecule has 0 heterocycles. The second-order valence-corrected chi connectivity index (χ2v) is 8.73. The quantitative estimate of drug-likeness (QED) is 0.830. The average Bonchev–Trinajstić information content (AvgIpc) is 2.40. The van der Waals surface area contributed by atoms with Crippen molar-refractivity contribution in [2.45, 2.75) is 37.4 Å². The number of carbonyl (C=O) groups excluding carboxylic acids is 1. The molecule has 1 saturated carbocycles. The van der Waals surface area contributed by atoms with Gasteiger partial charge in [0.05, 0.1) is 5.25 Å². The van der Waals surface area contributed by atoms with Crippen LogP contribution in [0.1, 0.15) is 31.2 Å². The lowest BCUT2D eigenvalue weighted by Crippen LogP contribution is -2.31. The van der Waals surface area contributed by atoms with Crippen LogP contribution in [0.25, 0.3) is 0 Å². The largest absolute Gasteiger partial charge is 0.299 e. The number of halogens is 1. The lowest BCUT2D eigenvalue weighted by molar-refractivity contribution is -0.123. The fourth-order valence-electron chi connectivity index (χ4n) is 2.80. The van der Waals surface area contributed by atoms with Crippen molar-refractivity contribution >= 4 is 31.6 Å². The molecular weight excluding hydrogens is 340 g/mol. The average molecular weight is 359 g/mol. The highest BCUT2D eigenvalue weighted by Crippen LogP contribution is 2.30. The van der Waals surface area contributed by atoms with Gasteiger partial charge in [-0.05, 0) is 30.9 Å². The Bertz CT molecular complexity index is 595. The monoisotopic (exact) mass is 358 g/mol. The molecule has 3 nitrogen and oxygen atoms in total. The number of carbonyl (C=O) groups is 1. The van der Waals surface area contributed by atoms with E-state index in [1.165, 1.54) is 6.26 Å². The standard InChI is InChI=1S/C15H19BrO3S/c1-20(18,19)13-7-4-6-12(9-13)15(17)10-11-5-2-3-8-14(11)16/h2-3,5,8,12-13H,4,6-7,9-10H2,1H3. The van der Waals surface area contributed by atoms with Gasteiger partial charge >= 0.3 is 0 Å². The highest BCUT2D eigenvalue weighted by atomic mass is 79.9. The molecule has 1 aromatic carbocycles. The Kier molecular flexibility index (Phi) is 5.02. The molecule has 2 unspecified atom stereocenters. The van der Waals surface area contributed by atoms with Gasteiger partial charge in [-0.1, -0.05) is 40.5 Å². The molecule has 0 N–H and O–H groups in total. The van der Waals surface area contributed by atoms with Crippen molar-refractivity contribution in [1.82, 2.24) is 0 Å². The predicted octanol–water partition coefficient (Wildman–Crippen LogP) is 3.16. The van der Waals surface area contributed by atoms with E-state index < -0.39 is 9.84 Å². The zero-order valence-electron chi connectivity index (χ0n) is 11.5. The summed E-state index contributed by atoms with van der Waals surface area (Å²) < 4.78 is 24.2. The fourth-order valence-corrected chi connectivity index (χ4v) is 4.40. The minimum absolute atomic E-state index is 0.115. The van der Waals surface area contributed by atoms with E-state index in [2.05, 4.69) is 15.9 Å². The molecule has 0 aliphatic heterocycles. The summed E-state index contributed by atoms with van der Waals surface area (Å²) in [6, 6.07) is 7.67. The number of hydrogen-bond acceptors (Lipinski definition) is 3. The highest BCUT2D eigenvalue weighted by Gasteiger charge is 2.32. The lowest BCUT2D eigenvalue weighted by Gasteiger charge is -2.27. The molecule has 1 aliphatic rings. The summed E-state index contributed by atoms with van der Waals surface area (Å²) in [6.45, 7) is 0. The maximum Gasteiger partial charge on any atom is 0.150 e. The van der Waals surface area contributed by atoms with E-state index in [9.17, 15) is 13.2 Å². The Morgan fingerprint density at radius 1 is 1.30 bits per heavy atom. The van der Waals surface area contributed by atoms with Crippen LogP contribution in [0.4, 0.5) is 0 Å². The summed E-state index contributed by atoms with van der Waals surface area (Å²) in [6.07, 6.45) is 4.47. The SMILES string of the molecule is CS(=O)(=O)C1CCCC(C(=O)Cc2ccccc2Br)C1. The van der Waals surface area contributed by atoms with Crippen LogP contribution < -0.4 is 0 Å². The van der Waals surface area contributed by atoms with Crippen LogP contribution in [0.2, 0.25) is 0 Å². The third-order valence-corrected chi connectivity index (χ3v) is 6.42. The molecule has 0 radical (unpaired) electrons. The van der Waals surface area contributed by atoms with E-state index in [4.69, 9.17) is 0 Å². The van der Waals surface area contributed by atoms with Crippen molar-refractivity contribution in [2.24, 2.45) is 5.92 Å². The molecule has 5 heteroatoms. The summed E-state index contributed by atoms with van der Waals surface area (Å²) in [5.74, 6) is 0.0424. The molecule has 0 aromatic heterocycles. The third kappa shape index (κ3) is 3.92. The number of hydrogen-bond donors (Lipinski definition) is 0. The number of Topliss-reactive ketones (excluding diaryl/α,β-unsaturated/α-hetero) is 1. The first-order valence-electron chi connectivity index (χ1n) is 6.83. The van der Waals surface area contributed by atoms with Crippen molar-refractivity contribution in [1.29, 1.82) is 0 Å². The van der Waals surface area contributed by atoms with Gasteiger partial charge in [-0.15, -0.1) is 0 Å². The first-order valence-corrected chi connectivity index (χ1v) is 9.57. The molecule has 1 aromatic rings. The summed E-state index contributed by atoms with van der Waals surface area (Å²) in [7, 11) is -3.03. The van der Waals surface area contributed by atoms with E-state index in [1.807, 2.05) is 24.3 Å². The lowest BCUT2D eigenvalue weighted by atomic mass is 9.84. The Morgan fingerprint density at radius 3 is 2.65 bits per heavy atom. The first-order chi connectivity index (χ1) is 9.38. The second-order valence-electron chi connectivity index (χ2n) is 5.55. The molecule has 1 fully saturated rings. The third-order valence-electron chi connectivity index (χ3n) is 4.01. The molecule has 0 spiro atoms. The van der Waals surface area contributed by atoms with Gasteiger partial charge < -0.3 is 0 Å². The minimum atomic E-state index is -3.03. The summed E-state index contributed by atoms with van der Waals surface area (Å²) >= 11 is 3.44. The van der Waals surface area contributed by atoms with Crippen LogP contribution >= 0.6 is 15.9 Å². The highest BCUT2D eigenvalue weighted by molar-refractivity contribution is 9.10. The number of ketones is 1. The number of sulfone groups is 1. The summed E-state index contributed by atoms with van der Waals surface area (Å²) in [5.41, 5.74) is 0.971. The van der Waals surface area contributed by atoms with Crippen LogP contribution in [0.3, 0.4) is 0 Å². The van der Waals surface area contributed by atoms with Gasteiger partial charge in [0.25, 0.3) is 0 Å². The van der Waals surface area contributed by atoms with E-state index in [0.717, 1.165) is 22.9 Å². The molecule has 1 aliphatic carbocycles. The zero-order valence-corrected chi connectivity index (χ0v) is 13.9. The van der Waals surface area contributed by atoms with Crippen LogP contribution in [-0.2, 0) is 21.1 Å². The van der Waals surface area contributed by atoms with E-state index in [1.54, 1.807) is 0 Å². The van der Waals surface area contributed by atoms with Gasteiger partial charge in [0, 0.05) is 23.1 Å². The Morgan fingerprint density at radius 2 is 2.00 bits per heavy atom. The minimum Gasteiger partial charge on any atom is -0.299 e. The van der Waals surface area contributed by atoms with Gasteiger partial charge in [0.1, 0.15) is 15.6 Å². The van der Waals surface area contributed by atoms with Crippen molar-refractivity contribution in [3.8, 4) is 0 Å². The zero-order chi connectivity index (χ0) is 14.8. The maximum atomic E-state index is 12.4. The topological polar surface area (TPSA) is 51.2 Å². The smallest absolute Gasteiger partial charge is 0.150 e. The van der Waals surface area contributed by atoms with Gasteiger partial charge in [0.2, 0.25) is 0 Å². The Hall–Kier alpha value is -0.680. The van der Waals surface area contributed by atoms with Gasteiger partial charge in [-0.3, -0.25) is 4.79 Å². The summed E-state index contributed by atoms with van der Waals surface area (Å²) in [5, 5.41) is -0.343. The Labute approximate surface area is 128 Å². The van der Waals surface area contributed by atoms with Gasteiger partial charge in [-0.25, -0.2) is 8.42 Å². The van der Waals surface area contributed by atoms with Crippen molar-refractivity contribution in [2.75, 3.05) is 6.26 Å². The van der Waals surface area contributed by atoms with Gasteiger partial charge in [-0.2, -0.15) is 0 Å².